The van der Waals surface area contributed by atoms with Gasteiger partial charge in [0.2, 0.25) is 5.96 Å². The molecule has 94 valence electrons. The summed E-state index contributed by atoms with van der Waals surface area (Å²) >= 11 is 0. The van der Waals surface area contributed by atoms with Crippen LogP contribution in [0.25, 0.3) is 0 Å². The van der Waals surface area contributed by atoms with Gasteiger partial charge in [-0.05, 0) is 12.8 Å². The van der Waals surface area contributed by atoms with Crippen molar-refractivity contribution in [2.24, 2.45) is 15.2 Å². The standard InChI is InChI=1S/C11H18N4O2/c1-3-4-7-17-8-5-6-12-11-13-10(16)9(2)14-15-11/h2-8H2,1H3,(H,12,13,16). The zero-order valence-electron chi connectivity index (χ0n) is 10.1. The first-order valence-electron chi connectivity index (χ1n) is 5.78. The number of aliphatic imine (C=N–C) groups is 1. The molecule has 0 unspecified atom stereocenters. The highest BCUT2D eigenvalue weighted by molar-refractivity contribution is 6.06. The van der Waals surface area contributed by atoms with E-state index in [0.717, 1.165) is 25.9 Å². The fourth-order valence-electron chi connectivity index (χ4n) is 1.12. The van der Waals surface area contributed by atoms with Crippen molar-refractivity contribution in [2.45, 2.75) is 26.2 Å². The molecule has 0 aromatic heterocycles. The van der Waals surface area contributed by atoms with Crippen LogP contribution in [0.4, 0.5) is 0 Å². The highest BCUT2D eigenvalue weighted by atomic mass is 16.5. The SMILES string of the molecule is C=C1N=NC(=NCCCOCCCC)NC1=O. The van der Waals surface area contributed by atoms with E-state index in [1.165, 1.54) is 0 Å². The Balaban J connectivity index is 2.15. The minimum atomic E-state index is -0.349. The van der Waals surface area contributed by atoms with E-state index < -0.39 is 0 Å². The van der Waals surface area contributed by atoms with Crippen LogP contribution in [0.1, 0.15) is 26.2 Å². The molecular weight excluding hydrogens is 220 g/mol. The molecule has 1 N–H and O–H groups in total. The number of carbonyl (C=O) groups is 1. The molecule has 0 radical (unpaired) electrons. The van der Waals surface area contributed by atoms with Gasteiger partial charge < -0.3 is 4.74 Å². The fourth-order valence-corrected chi connectivity index (χ4v) is 1.12. The minimum Gasteiger partial charge on any atom is -0.381 e. The number of ether oxygens (including phenoxy) is 1. The van der Waals surface area contributed by atoms with Crippen molar-refractivity contribution in [2.75, 3.05) is 19.8 Å². The predicted octanol–water partition coefficient (Wildman–Crippen LogP) is 1.64. The Labute approximate surface area is 101 Å². The number of unbranched alkanes of at least 4 members (excludes halogenated alkanes) is 1. The summed E-state index contributed by atoms with van der Waals surface area (Å²) in [6.07, 6.45) is 3.03. The lowest BCUT2D eigenvalue weighted by Gasteiger charge is -2.07. The van der Waals surface area contributed by atoms with Crippen LogP contribution in [0.15, 0.2) is 27.5 Å². The van der Waals surface area contributed by atoms with Gasteiger partial charge in [0, 0.05) is 19.8 Å². The quantitative estimate of drug-likeness (QED) is 0.540. The van der Waals surface area contributed by atoms with E-state index in [1.54, 1.807) is 0 Å². The fraction of sp³-hybridized carbons (Fsp3) is 0.636. The van der Waals surface area contributed by atoms with Gasteiger partial charge in [-0.25, -0.2) is 4.99 Å². The molecule has 0 atom stereocenters. The van der Waals surface area contributed by atoms with E-state index in [0.29, 0.717) is 13.2 Å². The number of guanidine groups is 1. The second-order valence-electron chi connectivity index (χ2n) is 3.63. The number of hydrogen-bond acceptors (Lipinski definition) is 4. The second kappa shape index (κ2) is 7.67. The van der Waals surface area contributed by atoms with Crippen LogP contribution in [0, 0.1) is 0 Å². The number of azo groups is 1. The molecule has 0 fully saturated rings. The maximum Gasteiger partial charge on any atom is 0.277 e. The topological polar surface area (TPSA) is 75.4 Å². The summed E-state index contributed by atoms with van der Waals surface area (Å²) in [7, 11) is 0. The molecule has 1 aliphatic heterocycles. The first-order valence-corrected chi connectivity index (χ1v) is 5.78. The Hall–Kier alpha value is -1.56. The summed E-state index contributed by atoms with van der Waals surface area (Å²) in [5, 5.41) is 9.79. The van der Waals surface area contributed by atoms with Crippen LogP contribution in [0.3, 0.4) is 0 Å². The molecule has 0 bridgehead atoms. The van der Waals surface area contributed by atoms with Crippen molar-refractivity contribution in [1.82, 2.24) is 5.32 Å². The monoisotopic (exact) mass is 238 g/mol. The van der Waals surface area contributed by atoms with Crippen molar-refractivity contribution in [1.29, 1.82) is 0 Å². The lowest BCUT2D eigenvalue weighted by molar-refractivity contribution is -0.116. The average Bonchev–Trinajstić information content (AvgIpc) is 2.32. The van der Waals surface area contributed by atoms with Crippen LogP contribution < -0.4 is 5.32 Å². The summed E-state index contributed by atoms with van der Waals surface area (Å²) in [5.41, 5.74) is 0.104. The second-order valence-corrected chi connectivity index (χ2v) is 3.63. The highest BCUT2D eigenvalue weighted by Gasteiger charge is 2.13. The lowest BCUT2D eigenvalue weighted by Crippen LogP contribution is -2.32. The Bertz CT molecular complexity index is 336. The van der Waals surface area contributed by atoms with Gasteiger partial charge in [-0.15, -0.1) is 10.2 Å². The largest absolute Gasteiger partial charge is 0.381 e. The molecule has 1 rings (SSSR count). The third kappa shape index (κ3) is 5.35. The van der Waals surface area contributed by atoms with Gasteiger partial charge in [-0.3, -0.25) is 10.1 Å². The van der Waals surface area contributed by atoms with Gasteiger partial charge in [0.25, 0.3) is 5.91 Å². The van der Waals surface area contributed by atoms with E-state index in [2.05, 4.69) is 34.0 Å². The average molecular weight is 238 g/mol. The van der Waals surface area contributed by atoms with Gasteiger partial charge in [0.05, 0.1) is 0 Å². The smallest absolute Gasteiger partial charge is 0.277 e. The summed E-state index contributed by atoms with van der Waals surface area (Å²) in [6.45, 7) is 7.58. The Morgan fingerprint density at radius 2 is 2.12 bits per heavy atom. The molecule has 1 heterocycles. The third-order valence-electron chi connectivity index (χ3n) is 2.10. The Kier molecular flexibility index (Phi) is 6.09. The first kappa shape index (κ1) is 13.5. The van der Waals surface area contributed by atoms with Crippen LogP contribution in [0.2, 0.25) is 0 Å². The first-order chi connectivity index (χ1) is 8.24. The molecule has 0 saturated heterocycles. The number of hydrogen-bond donors (Lipinski definition) is 1. The molecule has 6 heteroatoms. The molecule has 17 heavy (non-hydrogen) atoms. The predicted molar refractivity (Wildman–Crippen MR) is 64.8 cm³/mol. The number of rotatable bonds is 7. The molecule has 0 aromatic rings. The Morgan fingerprint density at radius 3 is 2.82 bits per heavy atom. The molecular formula is C11H18N4O2. The lowest BCUT2D eigenvalue weighted by atomic mass is 10.4. The number of nitrogens with zero attached hydrogens (tertiary/aromatic N) is 3. The molecule has 0 aliphatic carbocycles. The van der Waals surface area contributed by atoms with Crippen LogP contribution >= 0.6 is 0 Å². The zero-order valence-corrected chi connectivity index (χ0v) is 10.1. The van der Waals surface area contributed by atoms with E-state index >= 15 is 0 Å². The summed E-state index contributed by atoms with van der Waals surface area (Å²) in [4.78, 5) is 15.2. The highest BCUT2D eigenvalue weighted by Crippen LogP contribution is 2.01. The van der Waals surface area contributed by atoms with E-state index in [4.69, 9.17) is 4.74 Å². The maximum absolute atomic E-state index is 11.1. The summed E-state index contributed by atoms with van der Waals surface area (Å²) in [6, 6.07) is 0. The number of amides is 1. The van der Waals surface area contributed by atoms with Gasteiger partial charge >= 0.3 is 0 Å². The molecule has 1 aliphatic rings. The summed E-state index contributed by atoms with van der Waals surface area (Å²) < 4.78 is 5.38. The van der Waals surface area contributed by atoms with E-state index in [1.807, 2.05) is 0 Å². The normalized spacial score (nSPS) is 17.6. The Morgan fingerprint density at radius 1 is 1.35 bits per heavy atom. The summed E-state index contributed by atoms with van der Waals surface area (Å²) in [5.74, 6) is -0.103. The molecule has 0 spiro atoms. The van der Waals surface area contributed by atoms with Gasteiger partial charge in [-0.2, -0.15) is 0 Å². The van der Waals surface area contributed by atoms with Gasteiger partial charge in [0.15, 0.2) is 0 Å². The van der Waals surface area contributed by atoms with E-state index in [9.17, 15) is 4.79 Å². The van der Waals surface area contributed by atoms with Crippen LogP contribution in [-0.4, -0.2) is 31.6 Å². The van der Waals surface area contributed by atoms with Crippen molar-refractivity contribution >= 4 is 11.9 Å². The minimum absolute atomic E-state index is 0.104. The molecule has 1 amide bonds. The van der Waals surface area contributed by atoms with Crippen LogP contribution in [-0.2, 0) is 9.53 Å². The number of nitrogens with one attached hydrogen (secondary N) is 1. The van der Waals surface area contributed by atoms with Crippen molar-refractivity contribution in [3.63, 3.8) is 0 Å². The van der Waals surface area contributed by atoms with Crippen LogP contribution in [0.5, 0.6) is 0 Å². The molecule has 0 aromatic carbocycles. The molecule has 0 saturated carbocycles. The molecule has 6 nitrogen and oxygen atoms in total. The maximum atomic E-state index is 11.1. The van der Waals surface area contributed by atoms with Gasteiger partial charge in [-0.1, -0.05) is 19.9 Å². The van der Waals surface area contributed by atoms with Gasteiger partial charge in [0.1, 0.15) is 5.70 Å². The van der Waals surface area contributed by atoms with Crippen molar-refractivity contribution in [3.8, 4) is 0 Å². The zero-order chi connectivity index (χ0) is 12.5. The third-order valence-corrected chi connectivity index (χ3v) is 2.10. The number of carbonyl (C=O) groups excluding carboxylic acids is 1. The van der Waals surface area contributed by atoms with Crippen molar-refractivity contribution in [3.05, 3.63) is 12.3 Å². The van der Waals surface area contributed by atoms with E-state index in [-0.39, 0.29) is 17.6 Å². The van der Waals surface area contributed by atoms with Crippen molar-refractivity contribution < 1.29 is 9.53 Å².